The zero-order valence-electron chi connectivity index (χ0n) is 16.2. The van der Waals surface area contributed by atoms with Gasteiger partial charge in [-0.3, -0.25) is 4.98 Å². The van der Waals surface area contributed by atoms with Gasteiger partial charge in [-0.15, -0.1) is 5.10 Å². The van der Waals surface area contributed by atoms with E-state index < -0.39 is 11.7 Å². The minimum absolute atomic E-state index is 0.255. The fourth-order valence-electron chi connectivity index (χ4n) is 3.37. The Morgan fingerprint density at radius 2 is 2.14 bits per heavy atom. The number of nitrogens with zero attached hydrogens (tertiary/aromatic N) is 2. The summed E-state index contributed by atoms with van der Waals surface area (Å²) in [6.07, 6.45) is 6.65. The molecule has 8 heteroatoms. The molecule has 28 heavy (non-hydrogen) atoms. The summed E-state index contributed by atoms with van der Waals surface area (Å²) in [6.45, 7) is 4.15. The zero-order valence-corrected chi connectivity index (χ0v) is 16.9. The van der Waals surface area contributed by atoms with E-state index in [0.29, 0.717) is 16.5 Å². The molecule has 2 aromatic rings. The lowest BCUT2D eigenvalue weighted by Crippen LogP contribution is -2.26. The predicted octanol–water partition coefficient (Wildman–Crippen LogP) is 3.55. The van der Waals surface area contributed by atoms with Crippen molar-refractivity contribution in [2.45, 2.75) is 26.2 Å². The van der Waals surface area contributed by atoms with E-state index in [1.54, 1.807) is 12.1 Å². The second kappa shape index (κ2) is 7.67. The molecule has 0 saturated carbocycles. The van der Waals surface area contributed by atoms with E-state index in [4.69, 9.17) is 21.1 Å². The van der Waals surface area contributed by atoms with Crippen molar-refractivity contribution in [3.63, 3.8) is 0 Å². The van der Waals surface area contributed by atoms with Crippen molar-refractivity contribution >= 4 is 17.6 Å². The van der Waals surface area contributed by atoms with Crippen LogP contribution in [0.4, 0.5) is 0 Å². The maximum absolute atomic E-state index is 12.6. The number of nitrogens with one attached hydrogen (secondary N) is 1. The highest BCUT2D eigenvalue weighted by molar-refractivity contribution is 6.30. The zero-order chi connectivity index (χ0) is 20.5. The van der Waals surface area contributed by atoms with Gasteiger partial charge in [0.05, 0.1) is 25.8 Å². The lowest BCUT2D eigenvalue weighted by molar-refractivity contribution is 0.0597. The molecule has 0 fully saturated rings. The summed E-state index contributed by atoms with van der Waals surface area (Å²) in [5.74, 6) is -0.00821. The van der Waals surface area contributed by atoms with Gasteiger partial charge in [0.1, 0.15) is 17.1 Å². The maximum atomic E-state index is 12.6. The van der Waals surface area contributed by atoms with E-state index in [1.165, 1.54) is 25.0 Å². The number of aromatic amines is 1. The van der Waals surface area contributed by atoms with Crippen LogP contribution >= 0.6 is 11.6 Å². The average molecular weight is 404 g/mol. The second-order valence-electron chi connectivity index (χ2n) is 6.81. The Hall–Kier alpha value is -2.80. The van der Waals surface area contributed by atoms with Gasteiger partial charge in [0, 0.05) is 16.5 Å². The Bertz CT molecular complexity index is 1020. The van der Waals surface area contributed by atoms with Crippen LogP contribution in [0.2, 0.25) is 0 Å². The Kier molecular flexibility index (Phi) is 5.47. The normalized spacial score (nSPS) is 21.3. The van der Waals surface area contributed by atoms with E-state index in [1.807, 2.05) is 12.2 Å². The number of halogens is 1. The molecule has 0 aliphatic heterocycles. The highest BCUT2D eigenvalue weighted by Crippen LogP contribution is 2.46. The summed E-state index contributed by atoms with van der Waals surface area (Å²) in [6, 6.07) is 4.71. The van der Waals surface area contributed by atoms with Crippen molar-refractivity contribution < 1.29 is 14.3 Å². The molecule has 0 amide bonds. The van der Waals surface area contributed by atoms with Crippen molar-refractivity contribution in [3.05, 3.63) is 63.3 Å². The van der Waals surface area contributed by atoms with Crippen LogP contribution in [0.15, 0.2) is 46.3 Å². The van der Waals surface area contributed by atoms with Crippen LogP contribution in [0.25, 0.3) is 5.69 Å². The largest absolute Gasteiger partial charge is 0.496 e. The van der Waals surface area contributed by atoms with Crippen molar-refractivity contribution in [1.29, 1.82) is 0 Å². The molecule has 0 bridgehead atoms. The molecule has 0 spiro atoms. The van der Waals surface area contributed by atoms with E-state index in [9.17, 15) is 9.59 Å². The number of carbonyl (C=O) groups excluding carboxylic acids is 1. The molecular weight excluding hydrogens is 382 g/mol. The molecular formula is C20H22ClN3O4. The molecule has 1 aromatic heterocycles. The van der Waals surface area contributed by atoms with Gasteiger partial charge in [0.25, 0.3) is 0 Å². The molecule has 2 unspecified atom stereocenters. The molecule has 3 rings (SSSR count). The number of methoxy groups -OCH3 is 2. The Morgan fingerprint density at radius 1 is 1.39 bits per heavy atom. The first-order valence-electron chi connectivity index (χ1n) is 8.85. The minimum atomic E-state index is -0.525. The predicted molar refractivity (Wildman–Crippen MR) is 106 cm³/mol. The molecule has 1 aliphatic carbocycles. The van der Waals surface area contributed by atoms with Gasteiger partial charge in [0.15, 0.2) is 0 Å². The monoisotopic (exact) mass is 403 g/mol. The molecule has 7 nitrogen and oxygen atoms in total. The van der Waals surface area contributed by atoms with Crippen LogP contribution < -0.4 is 10.4 Å². The first-order chi connectivity index (χ1) is 13.3. The minimum Gasteiger partial charge on any atom is -0.496 e. The van der Waals surface area contributed by atoms with Crippen molar-refractivity contribution in [2.75, 3.05) is 14.2 Å². The molecule has 1 N–H and O–H groups in total. The van der Waals surface area contributed by atoms with E-state index >= 15 is 0 Å². The summed E-state index contributed by atoms with van der Waals surface area (Å²) in [7, 11) is 2.73. The van der Waals surface area contributed by atoms with E-state index in [0.717, 1.165) is 6.42 Å². The number of H-pyrrole nitrogens is 1. The Labute approximate surface area is 167 Å². The molecule has 0 radical (unpaired) electrons. The molecule has 1 aromatic carbocycles. The summed E-state index contributed by atoms with van der Waals surface area (Å²) >= 11 is 6.47. The topological polar surface area (TPSA) is 86.2 Å². The standard InChI is InChI=1S/C20H22ClN3O4/c1-5-20(2)10-6-7-14(21)16(20)17-22-19(26)24(23-17)12-8-9-13(18(25)28-4)15(11-12)27-3/h6-11,16H,5H2,1-4H3,(H,22,23,26). The van der Waals surface area contributed by atoms with Gasteiger partial charge < -0.3 is 9.47 Å². The first-order valence-corrected chi connectivity index (χ1v) is 9.23. The average Bonchev–Trinajstić information content (AvgIpc) is 3.07. The number of rotatable bonds is 5. The van der Waals surface area contributed by atoms with Gasteiger partial charge in [-0.1, -0.05) is 37.6 Å². The van der Waals surface area contributed by atoms with Crippen LogP contribution in [-0.4, -0.2) is 35.0 Å². The van der Waals surface area contributed by atoms with Crippen LogP contribution in [-0.2, 0) is 4.74 Å². The number of hydrogen-bond donors (Lipinski definition) is 1. The van der Waals surface area contributed by atoms with Crippen LogP contribution in [0.1, 0.15) is 42.4 Å². The number of allylic oxidation sites excluding steroid dienone is 4. The highest BCUT2D eigenvalue weighted by Gasteiger charge is 2.38. The summed E-state index contributed by atoms with van der Waals surface area (Å²) in [5, 5.41) is 5.10. The fraction of sp³-hybridized carbons (Fsp3) is 0.350. The van der Waals surface area contributed by atoms with Gasteiger partial charge in [-0.05, 0) is 24.6 Å². The van der Waals surface area contributed by atoms with E-state index in [-0.39, 0.29) is 22.6 Å². The summed E-state index contributed by atoms with van der Waals surface area (Å²) in [5.41, 5.74) is 0.0573. The SMILES string of the molecule is CCC1(C)C=CC=C(Cl)C1c1nn(-c2ccc(C(=O)OC)c(OC)c2)c(=O)[nH]1. The van der Waals surface area contributed by atoms with Crippen molar-refractivity contribution in [2.24, 2.45) is 5.41 Å². The molecule has 1 heterocycles. The third-order valence-corrected chi connectivity index (χ3v) is 5.52. The lowest BCUT2D eigenvalue weighted by Gasteiger charge is -2.34. The number of esters is 1. The Morgan fingerprint density at radius 3 is 2.79 bits per heavy atom. The summed E-state index contributed by atoms with van der Waals surface area (Å²) < 4.78 is 11.2. The van der Waals surface area contributed by atoms with Crippen LogP contribution in [0, 0.1) is 5.41 Å². The van der Waals surface area contributed by atoms with Crippen molar-refractivity contribution in [1.82, 2.24) is 14.8 Å². The molecule has 1 aliphatic rings. The maximum Gasteiger partial charge on any atom is 0.348 e. The quantitative estimate of drug-likeness (QED) is 0.771. The Balaban J connectivity index is 2.06. The number of ether oxygens (including phenoxy) is 2. The number of aromatic nitrogens is 3. The highest BCUT2D eigenvalue weighted by atomic mass is 35.5. The van der Waals surface area contributed by atoms with Gasteiger partial charge in [0.2, 0.25) is 0 Å². The lowest BCUT2D eigenvalue weighted by atomic mass is 9.72. The molecule has 0 saturated heterocycles. The number of benzene rings is 1. The number of hydrogen-bond acceptors (Lipinski definition) is 5. The van der Waals surface area contributed by atoms with Crippen LogP contribution in [0.3, 0.4) is 0 Å². The van der Waals surface area contributed by atoms with Crippen LogP contribution in [0.5, 0.6) is 5.75 Å². The van der Waals surface area contributed by atoms with Gasteiger partial charge >= 0.3 is 11.7 Å². The molecule has 2 atom stereocenters. The third-order valence-electron chi connectivity index (χ3n) is 5.17. The number of carbonyl (C=O) groups is 1. The fourth-order valence-corrected chi connectivity index (χ4v) is 3.79. The van der Waals surface area contributed by atoms with Crippen molar-refractivity contribution in [3.8, 4) is 11.4 Å². The van der Waals surface area contributed by atoms with E-state index in [2.05, 4.69) is 30.0 Å². The smallest absolute Gasteiger partial charge is 0.348 e. The second-order valence-corrected chi connectivity index (χ2v) is 7.24. The first kappa shape index (κ1) is 19.9. The third kappa shape index (κ3) is 3.38. The summed E-state index contributed by atoms with van der Waals surface area (Å²) in [4.78, 5) is 27.3. The van der Waals surface area contributed by atoms with Gasteiger partial charge in [-0.25, -0.2) is 9.59 Å². The van der Waals surface area contributed by atoms with Gasteiger partial charge in [-0.2, -0.15) is 4.68 Å². The molecule has 148 valence electrons.